The highest BCUT2D eigenvalue weighted by atomic mass is 16.5. The average Bonchev–Trinajstić information content (AvgIpc) is 3.16. The van der Waals surface area contributed by atoms with Gasteiger partial charge in [0.1, 0.15) is 11.8 Å². The maximum absolute atomic E-state index is 13.0. The summed E-state index contributed by atoms with van der Waals surface area (Å²) in [5.41, 5.74) is 1.18. The summed E-state index contributed by atoms with van der Waals surface area (Å²) >= 11 is 0. The Balaban J connectivity index is 1.68. The van der Waals surface area contributed by atoms with Gasteiger partial charge in [-0.2, -0.15) is 0 Å². The molecule has 0 saturated carbocycles. The summed E-state index contributed by atoms with van der Waals surface area (Å²) in [6, 6.07) is 7.87. The Hall–Kier alpha value is -2.08. The van der Waals surface area contributed by atoms with Gasteiger partial charge >= 0.3 is 5.97 Å². The minimum atomic E-state index is -0.427. The third-order valence-electron chi connectivity index (χ3n) is 5.56. The van der Waals surface area contributed by atoms with Gasteiger partial charge in [0, 0.05) is 12.6 Å². The molecule has 0 bridgehead atoms. The number of ether oxygens (including phenoxy) is 2. The Bertz CT molecular complexity index is 663. The third kappa shape index (κ3) is 4.61. The summed E-state index contributed by atoms with van der Waals surface area (Å²) in [7, 11) is 1.67. The highest BCUT2D eigenvalue weighted by Crippen LogP contribution is 2.33. The number of nitrogens with zero attached hydrogens (tertiary/aromatic N) is 2. The summed E-state index contributed by atoms with van der Waals surface area (Å²) in [6.45, 7) is 4.03. The van der Waals surface area contributed by atoms with Gasteiger partial charge in [-0.1, -0.05) is 12.1 Å². The van der Waals surface area contributed by atoms with E-state index in [1.54, 1.807) is 18.9 Å². The van der Waals surface area contributed by atoms with Crippen molar-refractivity contribution in [1.82, 2.24) is 9.80 Å². The van der Waals surface area contributed by atoms with Crippen LogP contribution in [0.25, 0.3) is 0 Å². The maximum Gasteiger partial charge on any atom is 0.328 e. The Labute approximate surface area is 161 Å². The summed E-state index contributed by atoms with van der Waals surface area (Å²) in [5.74, 6) is 0.600. The Morgan fingerprint density at radius 2 is 2.00 bits per heavy atom. The molecule has 148 valence electrons. The fourth-order valence-electron chi connectivity index (χ4n) is 4.22. The molecule has 0 radical (unpaired) electrons. The van der Waals surface area contributed by atoms with Crippen molar-refractivity contribution in [2.75, 3.05) is 33.4 Å². The molecule has 3 rings (SSSR count). The highest BCUT2D eigenvalue weighted by Gasteiger charge is 2.35. The molecule has 2 atom stereocenters. The van der Waals surface area contributed by atoms with E-state index in [-0.39, 0.29) is 17.9 Å². The van der Waals surface area contributed by atoms with Crippen LogP contribution in [0.15, 0.2) is 24.3 Å². The lowest BCUT2D eigenvalue weighted by atomic mass is 10.0. The van der Waals surface area contributed by atoms with Crippen molar-refractivity contribution < 1.29 is 19.1 Å². The van der Waals surface area contributed by atoms with Crippen LogP contribution >= 0.6 is 0 Å². The number of piperidine rings is 1. The Morgan fingerprint density at radius 1 is 1.15 bits per heavy atom. The predicted molar refractivity (Wildman–Crippen MR) is 103 cm³/mol. The molecule has 27 heavy (non-hydrogen) atoms. The molecule has 2 heterocycles. The van der Waals surface area contributed by atoms with E-state index in [1.807, 2.05) is 12.1 Å². The summed E-state index contributed by atoms with van der Waals surface area (Å²) in [5, 5.41) is 0. The average molecular weight is 374 g/mol. The van der Waals surface area contributed by atoms with Crippen LogP contribution < -0.4 is 4.74 Å². The summed E-state index contributed by atoms with van der Waals surface area (Å²) < 4.78 is 10.5. The van der Waals surface area contributed by atoms with Crippen molar-refractivity contribution in [3.8, 4) is 5.75 Å². The fourth-order valence-corrected chi connectivity index (χ4v) is 4.22. The first-order chi connectivity index (χ1) is 13.1. The molecule has 2 fully saturated rings. The van der Waals surface area contributed by atoms with Crippen LogP contribution in [-0.2, 0) is 14.3 Å². The number of carbonyl (C=O) groups excluding carboxylic acids is 2. The first-order valence-corrected chi connectivity index (χ1v) is 9.98. The number of methoxy groups -OCH3 is 1. The van der Waals surface area contributed by atoms with Gasteiger partial charge in [-0.15, -0.1) is 0 Å². The van der Waals surface area contributed by atoms with Gasteiger partial charge in [0.2, 0.25) is 5.91 Å². The number of esters is 1. The minimum absolute atomic E-state index is 0.0301. The van der Waals surface area contributed by atoms with E-state index in [1.165, 1.54) is 5.56 Å². The molecular weight excluding hydrogens is 344 g/mol. The van der Waals surface area contributed by atoms with Crippen LogP contribution in [0.4, 0.5) is 0 Å². The summed E-state index contributed by atoms with van der Waals surface area (Å²) in [6.07, 6.45) is 4.70. The molecule has 2 aliphatic heterocycles. The molecule has 2 aliphatic rings. The van der Waals surface area contributed by atoms with E-state index in [0.717, 1.165) is 38.0 Å². The number of rotatable bonds is 6. The number of hydrogen-bond donors (Lipinski definition) is 0. The number of amides is 1. The smallest absolute Gasteiger partial charge is 0.328 e. The van der Waals surface area contributed by atoms with Gasteiger partial charge in [0.15, 0.2) is 0 Å². The minimum Gasteiger partial charge on any atom is -0.497 e. The number of benzene rings is 1. The van der Waals surface area contributed by atoms with Crippen molar-refractivity contribution in [2.45, 2.75) is 51.1 Å². The van der Waals surface area contributed by atoms with E-state index >= 15 is 0 Å². The first-order valence-electron chi connectivity index (χ1n) is 9.98. The zero-order valence-corrected chi connectivity index (χ0v) is 16.4. The highest BCUT2D eigenvalue weighted by molar-refractivity contribution is 5.86. The van der Waals surface area contributed by atoms with Crippen LogP contribution in [0.1, 0.15) is 50.6 Å². The fraction of sp³-hybridized carbons (Fsp3) is 0.619. The quantitative estimate of drug-likeness (QED) is 0.717. The molecule has 0 unspecified atom stereocenters. The normalized spacial score (nSPS) is 23.3. The molecule has 1 aromatic rings. The molecule has 0 aromatic heterocycles. The van der Waals surface area contributed by atoms with Crippen molar-refractivity contribution in [1.29, 1.82) is 0 Å². The van der Waals surface area contributed by atoms with Gasteiger partial charge in [0.05, 0.1) is 20.3 Å². The second kappa shape index (κ2) is 9.22. The van der Waals surface area contributed by atoms with Crippen molar-refractivity contribution >= 4 is 11.9 Å². The molecule has 1 amide bonds. The first kappa shape index (κ1) is 19.7. The second-order valence-electron chi connectivity index (χ2n) is 7.26. The molecule has 0 aliphatic carbocycles. The Morgan fingerprint density at radius 3 is 2.78 bits per heavy atom. The lowest BCUT2D eigenvalue weighted by molar-refractivity contribution is -0.157. The van der Waals surface area contributed by atoms with Gasteiger partial charge in [-0.3, -0.25) is 9.69 Å². The monoisotopic (exact) mass is 374 g/mol. The molecule has 0 N–H and O–H groups in total. The lowest BCUT2D eigenvalue weighted by Gasteiger charge is -2.36. The largest absolute Gasteiger partial charge is 0.497 e. The van der Waals surface area contributed by atoms with E-state index in [2.05, 4.69) is 17.0 Å². The maximum atomic E-state index is 13.0. The van der Waals surface area contributed by atoms with Crippen LogP contribution in [0, 0.1) is 0 Å². The summed E-state index contributed by atoms with van der Waals surface area (Å²) in [4.78, 5) is 29.3. The SMILES string of the molecule is CCOC(=O)[C@H]1CCCCN1C(=O)CN1CCC[C@H]1c1cccc(OC)c1. The van der Waals surface area contributed by atoms with Gasteiger partial charge in [-0.25, -0.2) is 4.79 Å². The van der Waals surface area contributed by atoms with Crippen LogP contribution in [0.3, 0.4) is 0 Å². The molecule has 0 spiro atoms. The number of likely N-dealkylation sites (tertiary alicyclic amines) is 2. The number of carbonyl (C=O) groups is 2. The van der Waals surface area contributed by atoms with E-state index in [0.29, 0.717) is 26.1 Å². The van der Waals surface area contributed by atoms with Crippen LogP contribution in [0.5, 0.6) is 5.75 Å². The Kier molecular flexibility index (Phi) is 6.72. The topological polar surface area (TPSA) is 59.1 Å². The molecule has 6 heteroatoms. The van der Waals surface area contributed by atoms with E-state index in [9.17, 15) is 9.59 Å². The molecule has 1 aromatic carbocycles. The standard InChI is InChI=1S/C21H30N2O4/c1-3-27-21(25)19-10-4-5-13-23(19)20(24)15-22-12-7-11-18(22)16-8-6-9-17(14-16)26-2/h6,8-9,14,18-19H,3-5,7,10-13,15H2,1-2H3/t18-,19+/m0/s1. The van der Waals surface area contributed by atoms with E-state index < -0.39 is 6.04 Å². The predicted octanol–water partition coefficient (Wildman–Crippen LogP) is 2.78. The number of hydrogen-bond acceptors (Lipinski definition) is 5. The van der Waals surface area contributed by atoms with Crippen molar-refractivity contribution in [3.63, 3.8) is 0 Å². The van der Waals surface area contributed by atoms with Crippen molar-refractivity contribution in [2.24, 2.45) is 0 Å². The zero-order valence-electron chi connectivity index (χ0n) is 16.4. The second-order valence-corrected chi connectivity index (χ2v) is 7.26. The zero-order chi connectivity index (χ0) is 19.2. The molecule has 2 saturated heterocycles. The third-order valence-corrected chi connectivity index (χ3v) is 5.56. The van der Waals surface area contributed by atoms with Crippen LogP contribution in [0.2, 0.25) is 0 Å². The van der Waals surface area contributed by atoms with E-state index in [4.69, 9.17) is 9.47 Å². The lowest BCUT2D eigenvalue weighted by Crippen LogP contribution is -2.51. The van der Waals surface area contributed by atoms with Crippen molar-refractivity contribution in [3.05, 3.63) is 29.8 Å². The molecular formula is C21H30N2O4. The van der Waals surface area contributed by atoms with Gasteiger partial charge < -0.3 is 14.4 Å². The molecule has 6 nitrogen and oxygen atoms in total. The van der Waals surface area contributed by atoms with Gasteiger partial charge in [0.25, 0.3) is 0 Å². The van der Waals surface area contributed by atoms with Gasteiger partial charge in [-0.05, 0) is 63.3 Å². The van der Waals surface area contributed by atoms with Crippen LogP contribution in [-0.4, -0.2) is 61.1 Å².